The van der Waals surface area contributed by atoms with E-state index in [1.54, 1.807) is 0 Å². The lowest BCUT2D eigenvalue weighted by molar-refractivity contribution is 0.0292. The number of amides is 2. The van der Waals surface area contributed by atoms with Crippen LogP contribution in [0, 0.1) is 11.3 Å². The molecule has 2 bridgehead atoms. The molecule has 3 N–H and O–H groups in total. The SMILES string of the molecule is CC1(C2CNCCN2C(N)=O)CCN2CCC1CC2. The number of piperidine rings is 1. The minimum atomic E-state index is -0.244. The molecule has 0 aliphatic carbocycles. The fourth-order valence-corrected chi connectivity index (χ4v) is 4.42. The minimum absolute atomic E-state index is 0.216. The van der Waals surface area contributed by atoms with Crippen LogP contribution in [0.5, 0.6) is 0 Å². The van der Waals surface area contributed by atoms with Crippen molar-refractivity contribution in [3.8, 4) is 0 Å². The van der Waals surface area contributed by atoms with E-state index in [0.29, 0.717) is 0 Å². The zero-order valence-electron chi connectivity index (χ0n) is 11.9. The Labute approximate surface area is 115 Å². The molecule has 4 heterocycles. The Morgan fingerprint density at radius 3 is 2.68 bits per heavy atom. The van der Waals surface area contributed by atoms with Gasteiger partial charge in [-0.05, 0) is 50.2 Å². The lowest BCUT2D eigenvalue weighted by Crippen LogP contribution is -2.62. The number of hydrogen-bond donors (Lipinski definition) is 2. The van der Waals surface area contributed by atoms with Gasteiger partial charge >= 0.3 is 6.03 Å². The number of carbonyl (C=O) groups is 1. The van der Waals surface area contributed by atoms with E-state index < -0.39 is 0 Å². The van der Waals surface area contributed by atoms with Gasteiger partial charge in [-0.3, -0.25) is 0 Å². The van der Waals surface area contributed by atoms with Crippen LogP contribution in [0.4, 0.5) is 4.79 Å². The first-order chi connectivity index (χ1) is 9.11. The number of rotatable bonds is 1. The standard InChI is InChI=1S/C14H26N4O/c1-14(4-8-17-6-2-11(14)3-7-17)12-10-16-5-9-18(12)13(15)19/h11-12,16H,2-10H2,1H3,(H2,15,19). The molecular formula is C14H26N4O. The second-order valence-electron chi connectivity index (χ2n) is 6.62. The van der Waals surface area contributed by atoms with E-state index in [4.69, 9.17) is 5.73 Å². The average Bonchev–Trinajstić information content (AvgIpc) is 2.70. The number of piperazine rings is 1. The van der Waals surface area contributed by atoms with Crippen LogP contribution in [0.2, 0.25) is 0 Å². The molecule has 4 aliphatic rings. The van der Waals surface area contributed by atoms with Gasteiger partial charge in [0.15, 0.2) is 0 Å². The van der Waals surface area contributed by atoms with Gasteiger partial charge in [0, 0.05) is 19.6 Å². The molecule has 4 saturated heterocycles. The van der Waals surface area contributed by atoms with Crippen molar-refractivity contribution in [1.82, 2.24) is 15.1 Å². The Hall–Kier alpha value is -0.810. The predicted octanol–water partition coefficient (Wildman–Crippen LogP) is 0.461. The second-order valence-corrected chi connectivity index (χ2v) is 6.62. The maximum Gasteiger partial charge on any atom is 0.315 e. The summed E-state index contributed by atoms with van der Waals surface area (Å²) in [6.45, 7) is 8.55. The Bertz CT molecular complexity index is 353. The fraction of sp³-hybridized carbons (Fsp3) is 0.929. The molecular weight excluding hydrogens is 240 g/mol. The molecule has 5 heteroatoms. The predicted molar refractivity (Wildman–Crippen MR) is 74.8 cm³/mol. The summed E-state index contributed by atoms with van der Waals surface area (Å²) in [4.78, 5) is 16.2. The molecule has 19 heavy (non-hydrogen) atoms. The maximum atomic E-state index is 11.8. The molecule has 2 unspecified atom stereocenters. The normalized spacial score (nSPS) is 43.0. The van der Waals surface area contributed by atoms with Crippen molar-refractivity contribution in [3.05, 3.63) is 0 Å². The molecule has 5 nitrogen and oxygen atoms in total. The quantitative estimate of drug-likeness (QED) is 0.725. The second kappa shape index (κ2) is 4.94. The first-order valence-corrected chi connectivity index (χ1v) is 7.60. The number of urea groups is 1. The van der Waals surface area contributed by atoms with Crippen molar-refractivity contribution >= 4 is 6.03 Å². The van der Waals surface area contributed by atoms with E-state index in [1.165, 1.54) is 38.9 Å². The number of nitrogens with one attached hydrogen (secondary N) is 1. The molecule has 2 amide bonds. The van der Waals surface area contributed by atoms with E-state index in [9.17, 15) is 4.79 Å². The summed E-state index contributed by atoms with van der Waals surface area (Å²) < 4.78 is 0. The van der Waals surface area contributed by atoms with Crippen LogP contribution in [0.15, 0.2) is 0 Å². The van der Waals surface area contributed by atoms with Crippen molar-refractivity contribution in [2.45, 2.75) is 32.2 Å². The van der Waals surface area contributed by atoms with Crippen molar-refractivity contribution in [1.29, 1.82) is 0 Å². The van der Waals surface area contributed by atoms with E-state index in [1.807, 2.05) is 4.90 Å². The van der Waals surface area contributed by atoms with Crippen molar-refractivity contribution in [2.24, 2.45) is 17.1 Å². The zero-order chi connectivity index (χ0) is 13.5. The Balaban J connectivity index is 1.86. The first kappa shape index (κ1) is 13.2. The molecule has 0 aromatic heterocycles. The van der Waals surface area contributed by atoms with Crippen LogP contribution in [0.3, 0.4) is 0 Å². The van der Waals surface area contributed by atoms with Crippen LogP contribution in [0.25, 0.3) is 0 Å². The summed E-state index contributed by atoms with van der Waals surface area (Å²) in [5.41, 5.74) is 5.82. The van der Waals surface area contributed by atoms with Crippen molar-refractivity contribution < 1.29 is 4.79 Å². The average molecular weight is 266 g/mol. The van der Waals surface area contributed by atoms with Gasteiger partial charge in [0.2, 0.25) is 0 Å². The van der Waals surface area contributed by atoms with Gasteiger partial charge in [0.1, 0.15) is 0 Å². The lowest BCUT2D eigenvalue weighted by atomic mass is 9.66. The van der Waals surface area contributed by atoms with Gasteiger partial charge in [-0.1, -0.05) is 6.92 Å². The Morgan fingerprint density at radius 2 is 2.00 bits per heavy atom. The highest BCUT2D eigenvalue weighted by Crippen LogP contribution is 2.46. The molecule has 4 rings (SSSR count). The number of primary amides is 1. The fourth-order valence-electron chi connectivity index (χ4n) is 4.42. The molecule has 4 fully saturated rings. The first-order valence-electron chi connectivity index (χ1n) is 7.60. The largest absolute Gasteiger partial charge is 0.351 e. The minimum Gasteiger partial charge on any atom is -0.351 e. The molecule has 4 aliphatic heterocycles. The monoisotopic (exact) mass is 266 g/mol. The maximum absolute atomic E-state index is 11.8. The topological polar surface area (TPSA) is 61.6 Å². The molecule has 0 aromatic carbocycles. The van der Waals surface area contributed by atoms with Crippen LogP contribution in [-0.2, 0) is 0 Å². The van der Waals surface area contributed by atoms with Crippen LogP contribution < -0.4 is 11.1 Å². The van der Waals surface area contributed by atoms with Gasteiger partial charge in [-0.2, -0.15) is 0 Å². The summed E-state index contributed by atoms with van der Waals surface area (Å²) in [6, 6.07) is 0.0219. The summed E-state index contributed by atoms with van der Waals surface area (Å²) in [6.07, 6.45) is 3.74. The molecule has 0 aromatic rings. The highest BCUT2D eigenvalue weighted by molar-refractivity contribution is 5.72. The molecule has 0 spiro atoms. The number of carbonyl (C=O) groups excluding carboxylic acids is 1. The lowest BCUT2D eigenvalue weighted by Gasteiger charge is -2.49. The zero-order valence-corrected chi connectivity index (χ0v) is 11.9. The highest BCUT2D eigenvalue weighted by atomic mass is 16.2. The van der Waals surface area contributed by atoms with Gasteiger partial charge < -0.3 is 20.9 Å². The Morgan fingerprint density at radius 1 is 1.26 bits per heavy atom. The van der Waals surface area contributed by atoms with Crippen molar-refractivity contribution in [2.75, 3.05) is 39.3 Å². The van der Waals surface area contributed by atoms with Crippen LogP contribution >= 0.6 is 0 Å². The van der Waals surface area contributed by atoms with Gasteiger partial charge in [-0.25, -0.2) is 4.79 Å². The van der Waals surface area contributed by atoms with E-state index in [2.05, 4.69) is 17.1 Å². The van der Waals surface area contributed by atoms with Gasteiger partial charge in [0.25, 0.3) is 0 Å². The number of hydrogen-bond acceptors (Lipinski definition) is 3. The third-order valence-electron chi connectivity index (χ3n) is 5.77. The van der Waals surface area contributed by atoms with Gasteiger partial charge in [-0.15, -0.1) is 0 Å². The Kier molecular flexibility index (Phi) is 3.43. The van der Waals surface area contributed by atoms with E-state index in [-0.39, 0.29) is 17.5 Å². The third kappa shape index (κ3) is 2.23. The van der Waals surface area contributed by atoms with Crippen LogP contribution in [0.1, 0.15) is 26.2 Å². The summed E-state index contributed by atoms with van der Waals surface area (Å²) in [5.74, 6) is 0.734. The third-order valence-corrected chi connectivity index (χ3v) is 5.77. The van der Waals surface area contributed by atoms with E-state index >= 15 is 0 Å². The van der Waals surface area contributed by atoms with Crippen LogP contribution in [-0.4, -0.2) is 61.1 Å². The number of nitrogens with two attached hydrogens (primary N) is 1. The van der Waals surface area contributed by atoms with Crippen molar-refractivity contribution in [3.63, 3.8) is 0 Å². The smallest absolute Gasteiger partial charge is 0.315 e. The summed E-state index contributed by atoms with van der Waals surface area (Å²) >= 11 is 0. The van der Waals surface area contributed by atoms with Gasteiger partial charge in [0.05, 0.1) is 6.04 Å². The van der Waals surface area contributed by atoms with E-state index in [0.717, 1.165) is 25.6 Å². The summed E-state index contributed by atoms with van der Waals surface area (Å²) in [5, 5.41) is 3.46. The molecule has 0 saturated carbocycles. The number of nitrogens with zero attached hydrogens (tertiary/aromatic N) is 2. The number of fused-ring (bicyclic) bond motifs is 4. The molecule has 2 atom stereocenters. The molecule has 0 radical (unpaired) electrons. The molecule has 108 valence electrons. The highest BCUT2D eigenvalue weighted by Gasteiger charge is 2.48. The summed E-state index contributed by atoms with van der Waals surface area (Å²) in [7, 11) is 0.